The molecule has 1 aromatic carbocycles. The molecule has 0 bridgehead atoms. The molecule has 0 spiro atoms. The Hall–Kier alpha value is -3.04. The number of nitrogens with zero attached hydrogens (tertiary/aromatic N) is 4. The lowest BCUT2D eigenvalue weighted by Crippen LogP contribution is -2.43. The molecule has 0 radical (unpaired) electrons. The number of hydrogen-bond acceptors (Lipinski definition) is 6. The molecular formula is C23H24F2N6S. The van der Waals surface area contributed by atoms with Gasteiger partial charge in [0.1, 0.15) is 16.6 Å². The van der Waals surface area contributed by atoms with E-state index in [1.54, 1.807) is 18.2 Å². The third-order valence-electron chi connectivity index (χ3n) is 5.65. The van der Waals surface area contributed by atoms with Gasteiger partial charge in [-0.2, -0.15) is 0 Å². The van der Waals surface area contributed by atoms with Crippen molar-refractivity contribution in [2.75, 3.05) is 36.4 Å². The van der Waals surface area contributed by atoms with Crippen LogP contribution in [0, 0.1) is 11.6 Å². The molecule has 32 heavy (non-hydrogen) atoms. The van der Waals surface area contributed by atoms with E-state index in [9.17, 15) is 8.78 Å². The smallest absolute Gasteiger partial charge is 0.175 e. The number of aromatic nitrogens is 3. The Morgan fingerprint density at radius 3 is 2.66 bits per heavy atom. The van der Waals surface area contributed by atoms with Gasteiger partial charge in [-0.25, -0.2) is 18.7 Å². The lowest BCUT2D eigenvalue weighted by Gasteiger charge is -2.29. The van der Waals surface area contributed by atoms with Crippen LogP contribution in [0.15, 0.2) is 41.9 Å². The van der Waals surface area contributed by atoms with E-state index in [-0.39, 0.29) is 11.6 Å². The molecule has 0 aliphatic carbocycles. The number of fused-ring (bicyclic) bond motifs is 1. The molecule has 0 saturated carbocycles. The van der Waals surface area contributed by atoms with Gasteiger partial charge in [0.15, 0.2) is 11.5 Å². The topological polar surface area (TPSA) is 57.5 Å². The average molecular weight is 455 g/mol. The van der Waals surface area contributed by atoms with Crippen molar-refractivity contribution in [2.24, 2.45) is 0 Å². The molecule has 1 aliphatic heterocycles. The van der Waals surface area contributed by atoms with E-state index in [1.807, 2.05) is 22.9 Å². The van der Waals surface area contributed by atoms with Gasteiger partial charge in [-0.1, -0.05) is 6.92 Å². The van der Waals surface area contributed by atoms with Crippen molar-refractivity contribution < 1.29 is 8.78 Å². The molecule has 1 fully saturated rings. The highest BCUT2D eigenvalue weighted by molar-refractivity contribution is 7.09. The number of rotatable bonds is 6. The van der Waals surface area contributed by atoms with Crippen LogP contribution in [0.4, 0.5) is 20.3 Å². The Morgan fingerprint density at radius 2 is 1.91 bits per heavy atom. The zero-order valence-electron chi connectivity index (χ0n) is 17.7. The number of aryl methyl sites for hydroxylation is 1. The second-order valence-corrected chi connectivity index (χ2v) is 8.67. The van der Waals surface area contributed by atoms with Gasteiger partial charge in [0, 0.05) is 49.4 Å². The fraction of sp³-hybridized carbons (Fsp3) is 0.304. The van der Waals surface area contributed by atoms with Crippen molar-refractivity contribution in [3.05, 3.63) is 64.2 Å². The van der Waals surface area contributed by atoms with Crippen LogP contribution in [0.3, 0.4) is 0 Å². The molecule has 0 amide bonds. The van der Waals surface area contributed by atoms with E-state index in [2.05, 4.69) is 25.5 Å². The summed E-state index contributed by atoms with van der Waals surface area (Å²) in [6.45, 7) is 5.96. The molecule has 4 heterocycles. The van der Waals surface area contributed by atoms with Gasteiger partial charge < -0.3 is 15.5 Å². The highest BCUT2D eigenvalue weighted by Gasteiger charge is 2.19. The quantitative estimate of drug-likeness (QED) is 0.455. The molecular weight excluding hydrogens is 430 g/mol. The van der Waals surface area contributed by atoms with Crippen molar-refractivity contribution in [3.63, 3.8) is 0 Å². The first-order chi connectivity index (χ1) is 15.6. The summed E-state index contributed by atoms with van der Waals surface area (Å²) in [5, 5.41) is 9.60. The van der Waals surface area contributed by atoms with Crippen LogP contribution in [0.5, 0.6) is 0 Å². The zero-order valence-corrected chi connectivity index (χ0v) is 18.6. The number of pyridine rings is 1. The minimum atomic E-state index is -0.323. The first-order valence-corrected chi connectivity index (χ1v) is 11.6. The summed E-state index contributed by atoms with van der Waals surface area (Å²) >= 11 is 1.53. The number of benzene rings is 1. The van der Waals surface area contributed by atoms with Gasteiger partial charge in [-0.3, -0.25) is 4.40 Å². The van der Waals surface area contributed by atoms with Gasteiger partial charge in [0.05, 0.1) is 23.6 Å². The summed E-state index contributed by atoms with van der Waals surface area (Å²) in [6.07, 6.45) is 2.65. The van der Waals surface area contributed by atoms with Gasteiger partial charge in [-0.05, 0) is 30.7 Å². The van der Waals surface area contributed by atoms with E-state index >= 15 is 0 Å². The Balaban J connectivity index is 1.42. The molecule has 2 N–H and O–H groups in total. The maximum atomic E-state index is 14.9. The largest absolute Gasteiger partial charge is 0.368 e. The third-order valence-corrected chi connectivity index (χ3v) is 6.50. The monoisotopic (exact) mass is 454 g/mol. The first kappa shape index (κ1) is 20.8. The first-order valence-electron chi connectivity index (χ1n) is 10.7. The molecule has 1 aliphatic rings. The van der Waals surface area contributed by atoms with E-state index in [4.69, 9.17) is 0 Å². The van der Waals surface area contributed by atoms with Crippen LogP contribution in [0.2, 0.25) is 0 Å². The summed E-state index contributed by atoms with van der Waals surface area (Å²) in [6, 6.07) is 7.89. The molecule has 0 unspecified atom stereocenters. The molecule has 6 nitrogen and oxygen atoms in total. The Labute approximate surface area is 188 Å². The highest BCUT2D eigenvalue weighted by atomic mass is 32.1. The Bertz CT molecular complexity index is 1230. The number of imidazole rings is 1. The number of halogens is 2. The van der Waals surface area contributed by atoms with E-state index in [1.165, 1.54) is 23.5 Å². The fourth-order valence-corrected chi connectivity index (χ4v) is 4.72. The second kappa shape index (κ2) is 8.84. The van der Waals surface area contributed by atoms with Gasteiger partial charge in [0.25, 0.3) is 0 Å². The molecule has 9 heteroatoms. The standard InChI is InChI=1S/C23H24F2N6S/c1-2-19-23(27-12-21-28-20(14-32-21)15-3-5-16(24)6-4-15)31-13-17(11-18(25)22(31)29-19)30-9-7-26-8-10-30/h3-6,11,13-14,26-27H,2,7-10,12H2,1H3. The van der Waals surface area contributed by atoms with Crippen molar-refractivity contribution in [1.29, 1.82) is 0 Å². The molecule has 3 aromatic heterocycles. The van der Waals surface area contributed by atoms with Crippen LogP contribution in [0.25, 0.3) is 16.9 Å². The molecule has 4 aromatic rings. The number of thiazole rings is 1. The fourth-order valence-electron chi connectivity index (χ4n) is 3.97. The molecule has 1 saturated heterocycles. The van der Waals surface area contributed by atoms with Gasteiger partial charge >= 0.3 is 0 Å². The van der Waals surface area contributed by atoms with Crippen LogP contribution in [-0.2, 0) is 13.0 Å². The lowest BCUT2D eigenvalue weighted by molar-refractivity contribution is 0.583. The van der Waals surface area contributed by atoms with E-state index in [0.29, 0.717) is 18.6 Å². The predicted molar refractivity (Wildman–Crippen MR) is 124 cm³/mol. The number of piperazine rings is 1. The van der Waals surface area contributed by atoms with E-state index < -0.39 is 0 Å². The summed E-state index contributed by atoms with van der Waals surface area (Å²) in [5.41, 5.74) is 3.69. The summed E-state index contributed by atoms with van der Waals surface area (Å²) in [7, 11) is 0. The predicted octanol–water partition coefficient (Wildman–Crippen LogP) is 4.32. The number of hydrogen-bond donors (Lipinski definition) is 2. The molecule has 166 valence electrons. The van der Waals surface area contributed by atoms with Crippen molar-refractivity contribution in [1.82, 2.24) is 19.7 Å². The van der Waals surface area contributed by atoms with Crippen LogP contribution < -0.4 is 15.5 Å². The van der Waals surface area contributed by atoms with E-state index in [0.717, 1.165) is 59.6 Å². The summed E-state index contributed by atoms with van der Waals surface area (Å²) in [5.74, 6) is 0.200. The minimum Gasteiger partial charge on any atom is -0.368 e. The second-order valence-electron chi connectivity index (χ2n) is 7.72. The van der Waals surface area contributed by atoms with Crippen LogP contribution in [0.1, 0.15) is 17.6 Å². The average Bonchev–Trinajstić information content (AvgIpc) is 3.43. The maximum absolute atomic E-state index is 14.9. The third kappa shape index (κ3) is 4.05. The van der Waals surface area contributed by atoms with Crippen molar-refractivity contribution in [3.8, 4) is 11.3 Å². The van der Waals surface area contributed by atoms with Crippen LogP contribution >= 0.6 is 11.3 Å². The van der Waals surface area contributed by atoms with Crippen LogP contribution in [-0.4, -0.2) is 40.5 Å². The van der Waals surface area contributed by atoms with Gasteiger partial charge in [0.2, 0.25) is 0 Å². The van der Waals surface area contributed by atoms with Crippen molar-refractivity contribution >= 4 is 28.5 Å². The number of anilines is 2. The summed E-state index contributed by atoms with van der Waals surface area (Å²) < 4.78 is 29.9. The van der Waals surface area contributed by atoms with Crippen molar-refractivity contribution in [2.45, 2.75) is 19.9 Å². The minimum absolute atomic E-state index is 0.266. The Kier molecular flexibility index (Phi) is 5.75. The lowest BCUT2D eigenvalue weighted by atomic mass is 10.2. The normalized spacial score (nSPS) is 14.3. The zero-order chi connectivity index (χ0) is 22.1. The summed E-state index contributed by atoms with van der Waals surface area (Å²) in [4.78, 5) is 11.4. The van der Waals surface area contributed by atoms with Gasteiger partial charge in [-0.15, -0.1) is 11.3 Å². The SMILES string of the molecule is CCc1nc2c(F)cc(N3CCNCC3)cn2c1NCc1nc(-c2ccc(F)cc2)cs1. The molecule has 5 rings (SSSR count). The Morgan fingerprint density at radius 1 is 1.12 bits per heavy atom. The highest BCUT2D eigenvalue weighted by Crippen LogP contribution is 2.27. The maximum Gasteiger partial charge on any atom is 0.175 e. The molecule has 0 atom stereocenters. The number of nitrogens with one attached hydrogen (secondary N) is 2.